The SMILES string of the molecule is CC(=O)Nc1ccc(OC(=O)CCn2cnc3ccccc32)cc1. The largest absolute Gasteiger partial charge is 0.426 e. The Labute approximate surface area is 139 Å². The Kier molecular flexibility index (Phi) is 4.56. The first-order chi connectivity index (χ1) is 11.6. The van der Waals surface area contributed by atoms with Gasteiger partial charge >= 0.3 is 5.97 Å². The number of ether oxygens (including phenoxy) is 1. The molecule has 1 N–H and O–H groups in total. The van der Waals surface area contributed by atoms with Gasteiger partial charge in [0.1, 0.15) is 5.75 Å². The van der Waals surface area contributed by atoms with Crippen LogP contribution >= 0.6 is 0 Å². The predicted molar refractivity (Wildman–Crippen MR) is 90.7 cm³/mol. The van der Waals surface area contributed by atoms with Crippen LogP contribution in [-0.4, -0.2) is 21.4 Å². The zero-order chi connectivity index (χ0) is 16.9. The molecule has 0 saturated carbocycles. The summed E-state index contributed by atoms with van der Waals surface area (Å²) < 4.78 is 7.23. The number of imidazole rings is 1. The summed E-state index contributed by atoms with van der Waals surface area (Å²) >= 11 is 0. The van der Waals surface area contributed by atoms with Crippen molar-refractivity contribution in [2.75, 3.05) is 5.32 Å². The lowest BCUT2D eigenvalue weighted by Gasteiger charge is -2.07. The average Bonchev–Trinajstić information content (AvgIpc) is 2.98. The van der Waals surface area contributed by atoms with E-state index >= 15 is 0 Å². The number of para-hydroxylation sites is 2. The van der Waals surface area contributed by atoms with Gasteiger partial charge in [-0.25, -0.2) is 4.98 Å². The molecule has 3 rings (SSSR count). The molecule has 0 spiro atoms. The molecule has 24 heavy (non-hydrogen) atoms. The van der Waals surface area contributed by atoms with E-state index in [1.807, 2.05) is 28.8 Å². The highest BCUT2D eigenvalue weighted by Gasteiger charge is 2.08. The van der Waals surface area contributed by atoms with Gasteiger partial charge in [-0.05, 0) is 36.4 Å². The average molecular weight is 323 g/mol. The molecule has 0 unspecified atom stereocenters. The first-order valence-corrected chi connectivity index (χ1v) is 7.60. The number of benzene rings is 2. The summed E-state index contributed by atoms with van der Waals surface area (Å²) in [5.74, 6) is -0.0167. The number of anilines is 1. The molecule has 0 saturated heterocycles. The number of nitrogens with one attached hydrogen (secondary N) is 1. The Morgan fingerprint density at radius 2 is 1.88 bits per heavy atom. The quantitative estimate of drug-likeness (QED) is 0.579. The number of amides is 1. The molecule has 0 radical (unpaired) electrons. The minimum absolute atomic E-state index is 0.146. The fourth-order valence-electron chi connectivity index (χ4n) is 2.39. The third kappa shape index (κ3) is 3.78. The highest BCUT2D eigenvalue weighted by molar-refractivity contribution is 5.88. The standard InChI is InChI=1S/C18H17N3O3/c1-13(22)20-14-6-8-15(9-7-14)24-18(23)10-11-21-12-19-16-4-2-3-5-17(16)21/h2-9,12H,10-11H2,1H3,(H,20,22). The lowest BCUT2D eigenvalue weighted by atomic mass is 10.3. The highest BCUT2D eigenvalue weighted by Crippen LogP contribution is 2.17. The summed E-state index contributed by atoms with van der Waals surface area (Å²) in [5, 5.41) is 2.66. The van der Waals surface area contributed by atoms with Crippen LogP contribution in [0.1, 0.15) is 13.3 Å². The maximum atomic E-state index is 12.0. The molecule has 0 aliphatic heterocycles. The van der Waals surface area contributed by atoms with E-state index in [9.17, 15) is 9.59 Å². The van der Waals surface area contributed by atoms with E-state index in [-0.39, 0.29) is 18.3 Å². The normalized spacial score (nSPS) is 10.5. The van der Waals surface area contributed by atoms with Gasteiger partial charge in [-0.1, -0.05) is 12.1 Å². The summed E-state index contributed by atoms with van der Waals surface area (Å²) in [6.07, 6.45) is 1.97. The Morgan fingerprint density at radius 1 is 1.12 bits per heavy atom. The van der Waals surface area contributed by atoms with Crippen molar-refractivity contribution < 1.29 is 14.3 Å². The fraction of sp³-hybridized carbons (Fsp3) is 0.167. The third-order valence-corrected chi connectivity index (χ3v) is 3.49. The van der Waals surface area contributed by atoms with Crippen molar-refractivity contribution in [2.24, 2.45) is 0 Å². The van der Waals surface area contributed by atoms with Gasteiger partial charge in [0, 0.05) is 19.2 Å². The van der Waals surface area contributed by atoms with Crippen LogP contribution in [0.2, 0.25) is 0 Å². The lowest BCUT2D eigenvalue weighted by molar-refractivity contribution is -0.134. The summed E-state index contributed by atoms with van der Waals surface area (Å²) in [6, 6.07) is 14.4. The highest BCUT2D eigenvalue weighted by atomic mass is 16.5. The number of aryl methyl sites for hydroxylation is 1. The molecular formula is C18H17N3O3. The van der Waals surface area contributed by atoms with E-state index in [1.54, 1.807) is 30.6 Å². The number of carbonyl (C=O) groups is 2. The van der Waals surface area contributed by atoms with Gasteiger partial charge in [-0.3, -0.25) is 9.59 Å². The maximum absolute atomic E-state index is 12.0. The van der Waals surface area contributed by atoms with Crippen LogP contribution in [0.25, 0.3) is 11.0 Å². The molecule has 0 atom stereocenters. The Bertz CT molecular complexity index is 869. The smallest absolute Gasteiger partial charge is 0.312 e. The Balaban J connectivity index is 1.56. The summed E-state index contributed by atoms with van der Waals surface area (Å²) in [4.78, 5) is 27.2. The molecule has 0 aliphatic carbocycles. The van der Waals surface area contributed by atoms with Crippen LogP contribution in [0, 0.1) is 0 Å². The molecule has 1 aromatic heterocycles. The van der Waals surface area contributed by atoms with Gasteiger partial charge in [0.05, 0.1) is 23.8 Å². The number of aromatic nitrogens is 2. The molecule has 2 aromatic carbocycles. The number of hydrogen-bond acceptors (Lipinski definition) is 4. The Hall–Kier alpha value is -3.15. The second kappa shape index (κ2) is 6.95. The first kappa shape index (κ1) is 15.7. The van der Waals surface area contributed by atoms with Crippen molar-refractivity contribution >= 4 is 28.6 Å². The molecule has 0 fully saturated rings. The van der Waals surface area contributed by atoms with Crippen molar-refractivity contribution in [1.29, 1.82) is 0 Å². The minimum Gasteiger partial charge on any atom is -0.426 e. The van der Waals surface area contributed by atoms with Gasteiger partial charge < -0.3 is 14.6 Å². The molecule has 6 heteroatoms. The van der Waals surface area contributed by atoms with Gasteiger partial charge in [-0.15, -0.1) is 0 Å². The summed E-state index contributed by atoms with van der Waals surface area (Å²) in [6.45, 7) is 1.94. The van der Waals surface area contributed by atoms with Gasteiger partial charge in [0.25, 0.3) is 0 Å². The second-order valence-corrected chi connectivity index (χ2v) is 5.36. The van der Waals surface area contributed by atoms with Crippen molar-refractivity contribution in [3.63, 3.8) is 0 Å². The molecule has 122 valence electrons. The molecule has 1 heterocycles. The van der Waals surface area contributed by atoms with Crippen LogP contribution in [0.4, 0.5) is 5.69 Å². The monoisotopic (exact) mass is 323 g/mol. The van der Waals surface area contributed by atoms with Gasteiger partial charge in [0.15, 0.2) is 0 Å². The zero-order valence-electron chi connectivity index (χ0n) is 13.2. The van der Waals surface area contributed by atoms with Crippen molar-refractivity contribution in [3.8, 4) is 5.75 Å². The van der Waals surface area contributed by atoms with Crippen LogP contribution < -0.4 is 10.1 Å². The molecule has 0 aliphatic rings. The van der Waals surface area contributed by atoms with Crippen LogP contribution in [0.5, 0.6) is 5.75 Å². The van der Waals surface area contributed by atoms with E-state index in [2.05, 4.69) is 10.3 Å². The first-order valence-electron chi connectivity index (χ1n) is 7.60. The van der Waals surface area contributed by atoms with E-state index < -0.39 is 0 Å². The van der Waals surface area contributed by atoms with Crippen LogP contribution in [0.15, 0.2) is 54.9 Å². The van der Waals surface area contributed by atoms with Crippen LogP contribution in [0.3, 0.4) is 0 Å². The number of hydrogen-bond donors (Lipinski definition) is 1. The molecule has 1 amide bonds. The Morgan fingerprint density at radius 3 is 2.62 bits per heavy atom. The second-order valence-electron chi connectivity index (χ2n) is 5.36. The zero-order valence-corrected chi connectivity index (χ0v) is 13.2. The summed E-state index contributed by atoms with van der Waals surface area (Å²) in [5.41, 5.74) is 2.55. The van der Waals surface area contributed by atoms with Crippen LogP contribution in [-0.2, 0) is 16.1 Å². The van der Waals surface area contributed by atoms with E-state index in [4.69, 9.17) is 4.74 Å². The lowest BCUT2D eigenvalue weighted by Crippen LogP contribution is -2.11. The topological polar surface area (TPSA) is 73.2 Å². The molecule has 6 nitrogen and oxygen atoms in total. The maximum Gasteiger partial charge on any atom is 0.312 e. The predicted octanol–water partition coefficient (Wildman–Crippen LogP) is 2.99. The summed E-state index contributed by atoms with van der Waals surface area (Å²) in [7, 11) is 0. The van der Waals surface area contributed by atoms with Gasteiger partial charge in [0.2, 0.25) is 5.91 Å². The van der Waals surface area contributed by atoms with Crippen molar-refractivity contribution in [1.82, 2.24) is 9.55 Å². The molecule has 3 aromatic rings. The molecular weight excluding hydrogens is 306 g/mol. The number of rotatable bonds is 5. The number of esters is 1. The van der Waals surface area contributed by atoms with E-state index in [0.29, 0.717) is 18.0 Å². The van der Waals surface area contributed by atoms with E-state index in [1.165, 1.54) is 6.92 Å². The number of carbonyl (C=O) groups excluding carboxylic acids is 2. The fourth-order valence-corrected chi connectivity index (χ4v) is 2.39. The molecule has 0 bridgehead atoms. The van der Waals surface area contributed by atoms with Crippen molar-refractivity contribution in [3.05, 3.63) is 54.9 Å². The van der Waals surface area contributed by atoms with Gasteiger partial charge in [-0.2, -0.15) is 0 Å². The van der Waals surface area contributed by atoms with E-state index in [0.717, 1.165) is 11.0 Å². The number of nitrogens with zero attached hydrogens (tertiary/aromatic N) is 2. The minimum atomic E-state index is -0.319. The van der Waals surface area contributed by atoms with Crippen molar-refractivity contribution in [2.45, 2.75) is 19.9 Å². The number of fused-ring (bicyclic) bond motifs is 1. The third-order valence-electron chi connectivity index (χ3n) is 3.49.